The molecule has 0 aliphatic heterocycles. The van der Waals surface area contributed by atoms with Crippen LogP contribution in [0.4, 0.5) is 15.8 Å². The molecular formula is C14H21FN2O3S. The van der Waals surface area contributed by atoms with E-state index in [4.69, 9.17) is 5.73 Å². The number of esters is 1. The predicted octanol–water partition coefficient (Wildman–Crippen LogP) is 2.56. The van der Waals surface area contributed by atoms with Crippen LogP contribution >= 0.6 is 0 Å². The molecule has 7 heteroatoms. The molecule has 21 heavy (non-hydrogen) atoms. The second kappa shape index (κ2) is 6.43. The minimum atomic E-state index is -1.55. The molecule has 5 nitrogen and oxygen atoms in total. The Morgan fingerprint density at radius 2 is 2.00 bits per heavy atom. The van der Waals surface area contributed by atoms with E-state index in [2.05, 4.69) is 9.46 Å². The average Bonchev–Trinajstić information content (AvgIpc) is 2.41. The van der Waals surface area contributed by atoms with E-state index < -0.39 is 33.4 Å². The quantitative estimate of drug-likeness (QED) is 0.661. The standard InChI is InChI=1S/C14H21FN2O3S/c1-8(13(18)20-5)9-6-7-10(16)11(15)12(9)17-21(19)14(2,3)4/h6-8,17H,16H2,1-5H3. The third-order valence-electron chi connectivity index (χ3n) is 2.98. The van der Waals surface area contributed by atoms with E-state index in [1.54, 1.807) is 27.7 Å². The normalized spacial score (nSPS) is 14.4. The molecule has 0 radical (unpaired) electrons. The molecule has 0 spiro atoms. The molecule has 0 aliphatic carbocycles. The highest BCUT2D eigenvalue weighted by Gasteiger charge is 2.26. The van der Waals surface area contributed by atoms with E-state index in [1.807, 2.05) is 0 Å². The first-order valence-corrected chi connectivity index (χ1v) is 7.58. The van der Waals surface area contributed by atoms with Crippen molar-refractivity contribution in [2.45, 2.75) is 38.4 Å². The Labute approximate surface area is 126 Å². The second-order valence-corrected chi connectivity index (χ2v) is 7.63. The van der Waals surface area contributed by atoms with Gasteiger partial charge < -0.3 is 15.2 Å². The Kier molecular flexibility index (Phi) is 5.33. The van der Waals surface area contributed by atoms with Gasteiger partial charge in [-0.15, -0.1) is 0 Å². The summed E-state index contributed by atoms with van der Waals surface area (Å²) in [6, 6.07) is 2.90. The largest absolute Gasteiger partial charge is 0.469 e. The fraction of sp³-hybridized carbons (Fsp3) is 0.500. The summed E-state index contributed by atoms with van der Waals surface area (Å²) in [6.45, 7) is 6.85. The summed E-state index contributed by atoms with van der Waals surface area (Å²) in [5, 5.41) is 0. The van der Waals surface area contributed by atoms with Gasteiger partial charge in [-0.3, -0.25) is 4.79 Å². The number of benzene rings is 1. The number of rotatable bonds is 4. The summed E-state index contributed by atoms with van der Waals surface area (Å²) in [5.41, 5.74) is 5.80. The summed E-state index contributed by atoms with van der Waals surface area (Å²) in [5.74, 6) is -1.94. The van der Waals surface area contributed by atoms with Gasteiger partial charge in [0.15, 0.2) is 5.82 Å². The molecule has 0 saturated carbocycles. The lowest BCUT2D eigenvalue weighted by atomic mass is 9.98. The monoisotopic (exact) mass is 316 g/mol. The van der Waals surface area contributed by atoms with Crippen LogP contribution in [0.5, 0.6) is 0 Å². The van der Waals surface area contributed by atoms with Crippen LogP contribution in [0.2, 0.25) is 0 Å². The highest BCUT2D eigenvalue weighted by molar-refractivity contribution is 7.87. The van der Waals surface area contributed by atoms with Crippen molar-refractivity contribution in [3.63, 3.8) is 0 Å². The number of carbonyl (C=O) groups is 1. The van der Waals surface area contributed by atoms with Crippen LogP contribution in [0.15, 0.2) is 12.1 Å². The van der Waals surface area contributed by atoms with Crippen molar-refractivity contribution in [3.05, 3.63) is 23.5 Å². The molecule has 0 aliphatic rings. The lowest BCUT2D eigenvalue weighted by Gasteiger charge is -2.22. The molecule has 2 atom stereocenters. The number of anilines is 2. The number of methoxy groups -OCH3 is 1. The van der Waals surface area contributed by atoms with Gasteiger partial charge in [-0.25, -0.2) is 8.60 Å². The first-order valence-electron chi connectivity index (χ1n) is 6.43. The maximum Gasteiger partial charge on any atom is 0.312 e. The van der Waals surface area contributed by atoms with Gasteiger partial charge in [0.25, 0.3) is 0 Å². The molecular weight excluding hydrogens is 295 g/mol. The molecule has 0 fully saturated rings. The molecule has 1 aromatic carbocycles. The smallest absolute Gasteiger partial charge is 0.312 e. The number of hydrogen-bond donors (Lipinski definition) is 2. The van der Waals surface area contributed by atoms with Crippen molar-refractivity contribution in [1.82, 2.24) is 0 Å². The fourth-order valence-electron chi connectivity index (χ4n) is 1.62. The number of nitrogens with two attached hydrogens (primary N) is 1. The van der Waals surface area contributed by atoms with E-state index in [9.17, 15) is 13.4 Å². The maximum atomic E-state index is 14.3. The van der Waals surface area contributed by atoms with E-state index in [0.29, 0.717) is 5.56 Å². The molecule has 2 unspecified atom stereocenters. The van der Waals surface area contributed by atoms with Crippen LogP contribution in [-0.2, 0) is 20.5 Å². The third-order valence-corrected chi connectivity index (χ3v) is 4.48. The van der Waals surface area contributed by atoms with Gasteiger partial charge >= 0.3 is 5.97 Å². The molecule has 3 N–H and O–H groups in total. The molecule has 0 saturated heterocycles. The Morgan fingerprint density at radius 1 is 1.43 bits per heavy atom. The molecule has 0 aromatic heterocycles. The van der Waals surface area contributed by atoms with Crippen LogP contribution in [0.1, 0.15) is 39.2 Å². The number of ether oxygens (including phenoxy) is 1. The van der Waals surface area contributed by atoms with E-state index in [1.165, 1.54) is 19.2 Å². The minimum absolute atomic E-state index is 0.0267. The minimum Gasteiger partial charge on any atom is -0.469 e. The van der Waals surface area contributed by atoms with E-state index >= 15 is 0 Å². The molecule has 0 bridgehead atoms. The molecule has 1 rings (SSSR count). The zero-order valence-electron chi connectivity index (χ0n) is 12.8. The van der Waals surface area contributed by atoms with Crippen LogP contribution in [0, 0.1) is 5.82 Å². The first-order chi connectivity index (χ1) is 9.59. The summed E-state index contributed by atoms with van der Waals surface area (Å²) in [7, 11) is -0.290. The highest BCUT2D eigenvalue weighted by Crippen LogP contribution is 2.32. The Bertz CT molecular complexity index is 570. The Hall–Kier alpha value is -1.63. The summed E-state index contributed by atoms with van der Waals surface area (Å²) < 4.78 is 33.2. The zero-order valence-corrected chi connectivity index (χ0v) is 13.6. The van der Waals surface area contributed by atoms with Crippen molar-refractivity contribution in [1.29, 1.82) is 0 Å². The molecule has 0 heterocycles. The molecule has 118 valence electrons. The number of nitrogens with one attached hydrogen (secondary N) is 1. The number of halogens is 1. The van der Waals surface area contributed by atoms with Crippen molar-refractivity contribution in [3.8, 4) is 0 Å². The Morgan fingerprint density at radius 3 is 2.48 bits per heavy atom. The van der Waals surface area contributed by atoms with Gasteiger partial charge in [-0.05, 0) is 39.3 Å². The number of hydrogen-bond acceptors (Lipinski definition) is 4. The van der Waals surface area contributed by atoms with Crippen molar-refractivity contribution in [2.24, 2.45) is 0 Å². The predicted molar refractivity (Wildman–Crippen MR) is 82.8 cm³/mol. The average molecular weight is 316 g/mol. The highest BCUT2D eigenvalue weighted by atomic mass is 32.2. The van der Waals surface area contributed by atoms with Gasteiger partial charge in [0.05, 0.1) is 29.1 Å². The van der Waals surface area contributed by atoms with Gasteiger partial charge in [-0.2, -0.15) is 0 Å². The van der Waals surface area contributed by atoms with Crippen molar-refractivity contribution in [2.75, 3.05) is 17.6 Å². The van der Waals surface area contributed by atoms with Crippen LogP contribution < -0.4 is 10.5 Å². The van der Waals surface area contributed by atoms with E-state index in [0.717, 1.165) is 0 Å². The van der Waals surface area contributed by atoms with E-state index in [-0.39, 0.29) is 11.4 Å². The topological polar surface area (TPSA) is 81.4 Å². The van der Waals surface area contributed by atoms with Gasteiger partial charge in [-0.1, -0.05) is 6.07 Å². The first kappa shape index (κ1) is 17.4. The third kappa shape index (κ3) is 3.93. The Balaban J connectivity index is 3.31. The van der Waals surface area contributed by atoms with Gasteiger partial charge in [0, 0.05) is 0 Å². The lowest BCUT2D eigenvalue weighted by Crippen LogP contribution is -2.28. The number of carbonyl (C=O) groups excluding carboxylic acids is 1. The van der Waals surface area contributed by atoms with Crippen molar-refractivity contribution >= 4 is 28.3 Å². The van der Waals surface area contributed by atoms with Crippen LogP contribution in [-0.4, -0.2) is 22.0 Å². The lowest BCUT2D eigenvalue weighted by molar-refractivity contribution is -0.141. The SMILES string of the molecule is COC(=O)C(C)c1ccc(N)c(F)c1NS(=O)C(C)(C)C. The van der Waals surface area contributed by atoms with Gasteiger partial charge in [0.1, 0.15) is 11.0 Å². The fourth-order valence-corrected chi connectivity index (χ4v) is 2.32. The van der Waals surface area contributed by atoms with Crippen LogP contribution in [0.25, 0.3) is 0 Å². The number of nitrogen functional groups attached to an aromatic ring is 1. The van der Waals surface area contributed by atoms with Gasteiger partial charge in [0.2, 0.25) is 0 Å². The summed E-state index contributed by atoms with van der Waals surface area (Å²) >= 11 is 0. The molecule has 0 amide bonds. The second-order valence-electron chi connectivity index (χ2n) is 5.66. The zero-order chi connectivity index (χ0) is 16.4. The van der Waals surface area contributed by atoms with Crippen LogP contribution in [0.3, 0.4) is 0 Å². The summed E-state index contributed by atoms with van der Waals surface area (Å²) in [4.78, 5) is 11.7. The molecule has 1 aromatic rings. The maximum absolute atomic E-state index is 14.3. The summed E-state index contributed by atoms with van der Waals surface area (Å²) in [6.07, 6.45) is 0. The van der Waals surface area contributed by atoms with Crippen molar-refractivity contribution < 1.29 is 18.1 Å².